The van der Waals surface area contributed by atoms with Crippen molar-refractivity contribution in [1.82, 2.24) is 15.2 Å². The Balaban J connectivity index is 0.00000168. The van der Waals surface area contributed by atoms with Crippen LogP contribution in [-0.4, -0.2) is 23.0 Å². The molecule has 26 heavy (non-hydrogen) atoms. The Bertz CT molecular complexity index is 905. The summed E-state index contributed by atoms with van der Waals surface area (Å²) in [5, 5.41) is 4.05. The van der Waals surface area contributed by atoms with E-state index in [4.69, 9.17) is 4.74 Å². The van der Waals surface area contributed by atoms with Gasteiger partial charge in [0.05, 0.1) is 10.2 Å². The second-order valence-corrected chi connectivity index (χ2v) is 7.57. The lowest BCUT2D eigenvalue weighted by Crippen LogP contribution is -2.17. The molecule has 3 aromatic rings. The second-order valence-electron chi connectivity index (χ2n) is 6.58. The summed E-state index contributed by atoms with van der Waals surface area (Å²) in [4.78, 5) is 7.00. The molecule has 2 aliphatic heterocycles. The standard InChI is InChI=1S/C20H19N3OS.ClH/c1-2-4-19-17(3-1)22-20(25-19)24-16-7-5-14(6-8-16)13-23-10-9-15-11-21-12-18(15)23;/h1-8,12,15,21H,9-11,13H2;1H. The van der Waals surface area contributed by atoms with E-state index in [9.17, 15) is 0 Å². The molecule has 1 N–H and O–H groups in total. The third-order valence-electron chi connectivity index (χ3n) is 4.92. The molecule has 1 fully saturated rings. The van der Waals surface area contributed by atoms with Gasteiger partial charge in [0.2, 0.25) is 0 Å². The van der Waals surface area contributed by atoms with Gasteiger partial charge in [-0.2, -0.15) is 0 Å². The molecule has 0 bridgehead atoms. The van der Waals surface area contributed by atoms with E-state index in [1.165, 1.54) is 17.7 Å². The van der Waals surface area contributed by atoms with Crippen molar-refractivity contribution in [3.8, 4) is 10.9 Å². The van der Waals surface area contributed by atoms with Crippen LogP contribution in [0, 0.1) is 5.92 Å². The lowest BCUT2D eigenvalue weighted by atomic mass is 10.1. The van der Waals surface area contributed by atoms with Crippen LogP contribution in [0.3, 0.4) is 0 Å². The number of benzene rings is 2. The molecule has 1 saturated heterocycles. The fourth-order valence-corrected chi connectivity index (χ4v) is 4.45. The van der Waals surface area contributed by atoms with Gasteiger partial charge in [-0.25, -0.2) is 4.98 Å². The van der Waals surface area contributed by atoms with Gasteiger partial charge in [-0.3, -0.25) is 0 Å². The van der Waals surface area contributed by atoms with Gasteiger partial charge in [-0.05, 0) is 36.2 Å². The highest BCUT2D eigenvalue weighted by atomic mass is 35.5. The van der Waals surface area contributed by atoms with Crippen LogP contribution >= 0.6 is 23.7 Å². The highest BCUT2D eigenvalue weighted by Crippen LogP contribution is 2.33. The monoisotopic (exact) mass is 385 g/mol. The molecule has 0 spiro atoms. The van der Waals surface area contributed by atoms with Crippen LogP contribution in [0.15, 0.2) is 60.4 Å². The normalized spacial score (nSPS) is 18.2. The Labute approximate surface area is 162 Å². The van der Waals surface area contributed by atoms with Gasteiger partial charge in [0.25, 0.3) is 5.19 Å². The zero-order valence-electron chi connectivity index (χ0n) is 14.2. The van der Waals surface area contributed by atoms with E-state index >= 15 is 0 Å². The zero-order chi connectivity index (χ0) is 16.6. The number of likely N-dealkylation sites (tertiary alicyclic amines) is 1. The number of para-hydroxylation sites is 1. The number of nitrogens with one attached hydrogen (secondary N) is 1. The summed E-state index contributed by atoms with van der Waals surface area (Å²) in [6, 6.07) is 16.5. The smallest absolute Gasteiger partial charge is 0.279 e. The predicted octanol–water partition coefficient (Wildman–Crippen LogP) is 4.78. The van der Waals surface area contributed by atoms with E-state index < -0.39 is 0 Å². The molecular formula is C20H20ClN3OS. The number of fused-ring (bicyclic) bond motifs is 2. The van der Waals surface area contributed by atoms with E-state index in [1.54, 1.807) is 11.3 Å². The van der Waals surface area contributed by atoms with E-state index in [0.29, 0.717) is 11.1 Å². The van der Waals surface area contributed by atoms with Gasteiger partial charge < -0.3 is 15.0 Å². The Morgan fingerprint density at radius 2 is 2.00 bits per heavy atom. The zero-order valence-corrected chi connectivity index (χ0v) is 15.9. The minimum absolute atomic E-state index is 0. The molecule has 6 heteroatoms. The van der Waals surface area contributed by atoms with Crippen molar-refractivity contribution in [2.24, 2.45) is 5.92 Å². The number of ether oxygens (including phenoxy) is 1. The molecule has 1 aromatic heterocycles. The summed E-state index contributed by atoms with van der Waals surface area (Å²) >= 11 is 1.58. The van der Waals surface area contributed by atoms with Crippen molar-refractivity contribution in [2.75, 3.05) is 13.1 Å². The number of thiazole rings is 1. The molecule has 2 aromatic carbocycles. The number of nitrogens with zero attached hydrogens (tertiary/aromatic N) is 2. The number of rotatable bonds is 4. The SMILES string of the molecule is C1=C2C(CCN2Cc2ccc(Oc3nc4ccccc4s3)cc2)CN1.Cl. The van der Waals surface area contributed by atoms with Crippen LogP contribution in [0.2, 0.25) is 0 Å². The van der Waals surface area contributed by atoms with Crippen molar-refractivity contribution < 1.29 is 4.74 Å². The minimum atomic E-state index is 0. The van der Waals surface area contributed by atoms with Gasteiger partial charge in [0.15, 0.2) is 0 Å². The van der Waals surface area contributed by atoms with E-state index in [0.717, 1.165) is 35.6 Å². The first-order valence-electron chi connectivity index (χ1n) is 8.66. The Hall–Kier alpha value is -2.24. The molecular weight excluding hydrogens is 366 g/mol. The van der Waals surface area contributed by atoms with Crippen molar-refractivity contribution >= 4 is 34.0 Å². The minimum Gasteiger partial charge on any atom is -0.431 e. The maximum absolute atomic E-state index is 5.93. The van der Waals surface area contributed by atoms with Crippen molar-refractivity contribution in [2.45, 2.75) is 13.0 Å². The summed E-state index contributed by atoms with van der Waals surface area (Å²) in [5.74, 6) is 1.55. The molecule has 0 radical (unpaired) electrons. The van der Waals surface area contributed by atoms with Gasteiger partial charge >= 0.3 is 0 Å². The molecule has 1 unspecified atom stereocenters. The molecule has 2 aliphatic rings. The topological polar surface area (TPSA) is 37.4 Å². The highest BCUT2D eigenvalue weighted by Gasteiger charge is 2.30. The molecule has 134 valence electrons. The van der Waals surface area contributed by atoms with Crippen LogP contribution in [-0.2, 0) is 6.54 Å². The summed E-state index contributed by atoms with van der Waals surface area (Å²) in [7, 11) is 0. The van der Waals surface area contributed by atoms with Gasteiger partial charge in [0, 0.05) is 37.4 Å². The Morgan fingerprint density at radius 1 is 1.15 bits per heavy atom. The molecule has 1 atom stereocenters. The predicted molar refractivity (Wildman–Crippen MR) is 108 cm³/mol. The summed E-state index contributed by atoms with van der Waals surface area (Å²) < 4.78 is 7.08. The molecule has 0 amide bonds. The third-order valence-corrected chi connectivity index (χ3v) is 5.84. The summed E-state index contributed by atoms with van der Waals surface area (Å²) in [5.41, 5.74) is 3.76. The van der Waals surface area contributed by atoms with Gasteiger partial charge in [0.1, 0.15) is 5.75 Å². The third kappa shape index (κ3) is 3.24. The molecule has 3 heterocycles. The Kier molecular flexibility index (Phi) is 4.74. The first-order chi connectivity index (χ1) is 12.3. The quantitative estimate of drug-likeness (QED) is 0.701. The molecule has 0 aliphatic carbocycles. The van der Waals surface area contributed by atoms with Gasteiger partial charge in [-0.15, -0.1) is 12.4 Å². The van der Waals surface area contributed by atoms with Crippen LogP contribution in [0.4, 0.5) is 0 Å². The van der Waals surface area contributed by atoms with Crippen LogP contribution in [0.5, 0.6) is 10.9 Å². The van der Waals surface area contributed by atoms with E-state index in [1.807, 2.05) is 30.3 Å². The lowest BCUT2D eigenvalue weighted by Gasteiger charge is -2.19. The van der Waals surface area contributed by atoms with Crippen LogP contribution < -0.4 is 10.1 Å². The lowest BCUT2D eigenvalue weighted by molar-refractivity contribution is 0.384. The van der Waals surface area contributed by atoms with Crippen LogP contribution in [0.25, 0.3) is 10.2 Å². The highest BCUT2D eigenvalue weighted by molar-refractivity contribution is 7.20. The fraction of sp³-hybridized carbons (Fsp3) is 0.250. The average molecular weight is 386 g/mol. The summed E-state index contributed by atoms with van der Waals surface area (Å²) in [6.45, 7) is 3.22. The number of halogens is 1. The van der Waals surface area contributed by atoms with Crippen molar-refractivity contribution in [3.63, 3.8) is 0 Å². The first kappa shape index (κ1) is 17.2. The first-order valence-corrected chi connectivity index (χ1v) is 9.47. The second kappa shape index (κ2) is 7.17. The van der Waals surface area contributed by atoms with Crippen LogP contribution in [0.1, 0.15) is 12.0 Å². The number of hydrogen-bond donors (Lipinski definition) is 1. The molecule has 4 nitrogen and oxygen atoms in total. The van der Waals surface area contributed by atoms with Crippen molar-refractivity contribution in [3.05, 3.63) is 66.0 Å². The maximum atomic E-state index is 5.93. The number of hydrogen-bond acceptors (Lipinski definition) is 5. The maximum Gasteiger partial charge on any atom is 0.279 e. The fourth-order valence-electron chi connectivity index (χ4n) is 3.62. The molecule has 0 saturated carbocycles. The number of aromatic nitrogens is 1. The molecule has 5 rings (SSSR count). The van der Waals surface area contributed by atoms with E-state index in [2.05, 4.69) is 39.6 Å². The van der Waals surface area contributed by atoms with Gasteiger partial charge in [-0.1, -0.05) is 35.6 Å². The Morgan fingerprint density at radius 3 is 2.85 bits per heavy atom. The van der Waals surface area contributed by atoms with E-state index in [-0.39, 0.29) is 12.4 Å². The average Bonchev–Trinajstić information content (AvgIpc) is 3.33. The summed E-state index contributed by atoms with van der Waals surface area (Å²) in [6.07, 6.45) is 3.44. The van der Waals surface area contributed by atoms with Crippen molar-refractivity contribution in [1.29, 1.82) is 0 Å². The largest absolute Gasteiger partial charge is 0.431 e.